The maximum Gasteiger partial charge on any atom is 0.573 e. The van der Waals surface area contributed by atoms with Gasteiger partial charge in [-0.1, -0.05) is 0 Å². The Morgan fingerprint density at radius 2 is 2.06 bits per heavy atom. The van der Waals surface area contributed by atoms with E-state index in [1.54, 1.807) is 0 Å². The quantitative estimate of drug-likeness (QED) is 0.609. The minimum absolute atomic E-state index is 0.162. The topological polar surface area (TPSA) is 74.5 Å². The number of methoxy groups -OCH3 is 1. The fourth-order valence-corrected chi connectivity index (χ4v) is 1.06. The SMILES string of the molecule is COc1nc(C)c(OC(F)(F)F)cc1[N+](=O)[O-]. The summed E-state index contributed by atoms with van der Waals surface area (Å²) in [7, 11) is 1.12. The van der Waals surface area contributed by atoms with Gasteiger partial charge in [0.1, 0.15) is 0 Å². The van der Waals surface area contributed by atoms with Crippen molar-refractivity contribution in [3.63, 3.8) is 0 Å². The molecule has 17 heavy (non-hydrogen) atoms. The zero-order valence-corrected chi connectivity index (χ0v) is 8.74. The Hall–Kier alpha value is -2.06. The van der Waals surface area contributed by atoms with Crippen LogP contribution in [-0.2, 0) is 0 Å². The molecule has 0 saturated heterocycles. The van der Waals surface area contributed by atoms with E-state index in [0.29, 0.717) is 6.07 Å². The Kier molecular flexibility index (Phi) is 3.39. The molecule has 0 aliphatic carbocycles. The van der Waals surface area contributed by atoms with Crippen molar-refractivity contribution in [2.75, 3.05) is 7.11 Å². The summed E-state index contributed by atoms with van der Waals surface area (Å²) in [5.74, 6) is -1.10. The zero-order valence-electron chi connectivity index (χ0n) is 8.74. The van der Waals surface area contributed by atoms with E-state index >= 15 is 0 Å². The normalized spacial score (nSPS) is 11.1. The monoisotopic (exact) mass is 252 g/mol. The van der Waals surface area contributed by atoms with Crippen molar-refractivity contribution in [2.24, 2.45) is 0 Å². The van der Waals surface area contributed by atoms with Crippen LogP contribution in [0.4, 0.5) is 18.9 Å². The molecule has 0 N–H and O–H groups in total. The van der Waals surface area contributed by atoms with Crippen LogP contribution in [0.3, 0.4) is 0 Å². The second-order valence-electron chi connectivity index (χ2n) is 2.91. The molecular weight excluding hydrogens is 245 g/mol. The fraction of sp³-hybridized carbons (Fsp3) is 0.375. The molecule has 6 nitrogen and oxygen atoms in total. The number of halogens is 3. The first-order valence-corrected chi connectivity index (χ1v) is 4.20. The lowest BCUT2D eigenvalue weighted by Crippen LogP contribution is -2.18. The Labute approximate surface area is 93.1 Å². The van der Waals surface area contributed by atoms with Gasteiger partial charge in [-0.25, -0.2) is 4.98 Å². The third-order valence-corrected chi connectivity index (χ3v) is 1.73. The highest BCUT2D eigenvalue weighted by Gasteiger charge is 2.33. The van der Waals surface area contributed by atoms with Gasteiger partial charge < -0.3 is 9.47 Å². The molecule has 0 aromatic carbocycles. The summed E-state index contributed by atoms with van der Waals surface area (Å²) in [6, 6.07) is 0.620. The van der Waals surface area contributed by atoms with Crippen LogP contribution in [0.15, 0.2) is 6.07 Å². The van der Waals surface area contributed by atoms with Crippen molar-refractivity contribution in [3.05, 3.63) is 21.9 Å². The summed E-state index contributed by atoms with van der Waals surface area (Å²) >= 11 is 0. The first-order valence-electron chi connectivity index (χ1n) is 4.20. The molecule has 0 atom stereocenters. The predicted octanol–water partition coefficient (Wildman–Crippen LogP) is 2.21. The maximum atomic E-state index is 12.0. The summed E-state index contributed by atoms with van der Waals surface area (Å²) < 4.78 is 44.1. The molecule has 0 saturated carbocycles. The van der Waals surface area contributed by atoms with Gasteiger partial charge in [-0.3, -0.25) is 10.1 Å². The number of aryl methyl sites for hydroxylation is 1. The molecule has 9 heteroatoms. The van der Waals surface area contributed by atoms with Crippen LogP contribution in [0.5, 0.6) is 11.6 Å². The highest BCUT2D eigenvalue weighted by Crippen LogP contribution is 2.33. The van der Waals surface area contributed by atoms with Crippen molar-refractivity contribution >= 4 is 5.69 Å². The standard InChI is InChI=1S/C8H7F3N2O4/c1-4-6(17-8(9,10)11)3-5(13(14)15)7(12-4)16-2/h3H,1-2H3. The van der Waals surface area contributed by atoms with Gasteiger partial charge in [-0.15, -0.1) is 13.2 Å². The third-order valence-electron chi connectivity index (χ3n) is 1.73. The van der Waals surface area contributed by atoms with Crippen LogP contribution in [-0.4, -0.2) is 23.4 Å². The molecule has 0 amide bonds. The molecule has 0 spiro atoms. The molecule has 0 aliphatic heterocycles. The van der Waals surface area contributed by atoms with Crippen molar-refractivity contribution in [2.45, 2.75) is 13.3 Å². The summed E-state index contributed by atoms with van der Waals surface area (Å²) in [4.78, 5) is 13.2. The molecule has 1 aromatic heterocycles. The lowest BCUT2D eigenvalue weighted by Gasteiger charge is -2.11. The van der Waals surface area contributed by atoms with Crippen LogP contribution in [0.1, 0.15) is 5.69 Å². The Morgan fingerprint density at radius 1 is 1.47 bits per heavy atom. The van der Waals surface area contributed by atoms with E-state index in [1.807, 2.05) is 0 Å². The molecule has 0 aliphatic rings. The highest BCUT2D eigenvalue weighted by molar-refractivity contribution is 5.48. The molecule has 0 radical (unpaired) electrons. The second-order valence-corrected chi connectivity index (χ2v) is 2.91. The van der Waals surface area contributed by atoms with Crippen LogP contribution < -0.4 is 9.47 Å². The molecule has 1 aromatic rings. The number of hydrogen-bond acceptors (Lipinski definition) is 5. The second kappa shape index (κ2) is 4.44. The van der Waals surface area contributed by atoms with Crippen LogP contribution in [0.2, 0.25) is 0 Å². The van der Waals surface area contributed by atoms with Crippen molar-refractivity contribution in [3.8, 4) is 11.6 Å². The first-order chi connectivity index (χ1) is 7.74. The van der Waals surface area contributed by atoms with Gasteiger partial charge in [0.15, 0.2) is 5.75 Å². The number of ether oxygens (including phenoxy) is 2. The molecule has 0 fully saturated rings. The molecule has 0 unspecified atom stereocenters. The molecular formula is C8H7F3N2O4. The van der Waals surface area contributed by atoms with E-state index in [-0.39, 0.29) is 11.6 Å². The van der Waals surface area contributed by atoms with Crippen molar-refractivity contribution in [1.82, 2.24) is 4.98 Å². The maximum absolute atomic E-state index is 12.0. The number of pyridine rings is 1. The third kappa shape index (κ3) is 3.20. The number of nitrogens with zero attached hydrogens (tertiary/aromatic N) is 2. The van der Waals surface area contributed by atoms with Gasteiger partial charge in [0, 0.05) is 0 Å². The van der Waals surface area contributed by atoms with E-state index in [1.165, 1.54) is 6.92 Å². The van der Waals surface area contributed by atoms with E-state index < -0.39 is 22.7 Å². The Bertz CT molecular complexity index is 447. The minimum atomic E-state index is -4.94. The molecule has 1 heterocycles. The van der Waals surface area contributed by atoms with Crippen molar-refractivity contribution in [1.29, 1.82) is 0 Å². The largest absolute Gasteiger partial charge is 0.573 e. The van der Waals surface area contributed by atoms with Gasteiger partial charge >= 0.3 is 12.0 Å². The van der Waals surface area contributed by atoms with Gasteiger partial charge in [-0.05, 0) is 6.92 Å². The van der Waals surface area contributed by atoms with Crippen LogP contribution in [0.25, 0.3) is 0 Å². The number of rotatable bonds is 3. The summed E-state index contributed by atoms with van der Waals surface area (Å²) in [6.45, 7) is 1.22. The summed E-state index contributed by atoms with van der Waals surface area (Å²) in [5.41, 5.74) is -0.859. The average molecular weight is 252 g/mol. The fourth-order valence-electron chi connectivity index (χ4n) is 1.06. The van der Waals surface area contributed by atoms with Gasteiger partial charge in [0.2, 0.25) is 0 Å². The summed E-state index contributed by atoms with van der Waals surface area (Å²) in [6.07, 6.45) is -4.94. The van der Waals surface area contributed by atoms with E-state index in [2.05, 4.69) is 14.5 Å². The van der Waals surface area contributed by atoms with E-state index in [9.17, 15) is 23.3 Å². The minimum Gasteiger partial charge on any atom is -0.476 e. The van der Waals surface area contributed by atoms with E-state index in [4.69, 9.17) is 0 Å². The molecule has 94 valence electrons. The highest BCUT2D eigenvalue weighted by atomic mass is 19.4. The smallest absolute Gasteiger partial charge is 0.476 e. The number of alkyl halides is 3. The number of aromatic nitrogens is 1. The molecule has 0 bridgehead atoms. The zero-order chi connectivity index (χ0) is 13.2. The van der Waals surface area contributed by atoms with Crippen molar-refractivity contribution < 1.29 is 27.6 Å². The lowest BCUT2D eigenvalue weighted by atomic mass is 10.3. The van der Waals surface area contributed by atoms with Gasteiger partial charge in [0.05, 0.1) is 23.8 Å². The lowest BCUT2D eigenvalue weighted by molar-refractivity contribution is -0.386. The van der Waals surface area contributed by atoms with Crippen LogP contribution >= 0.6 is 0 Å². The Balaban J connectivity index is 3.25. The first kappa shape index (κ1) is 13.0. The van der Waals surface area contributed by atoms with Gasteiger partial charge in [-0.2, -0.15) is 0 Å². The van der Waals surface area contributed by atoms with Gasteiger partial charge in [0.25, 0.3) is 5.88 Å². The van der Waals surface area contributed by atoms with E-state index in [0.717, 1.165) is 7.11 Å². The predicted molar refractivity (Wildman–Crippen MR) is 48.9 cm³/mol. The average Bonchev–Trinajstić information content (AvgIpc) is 2.18. The summed E-state index contributed by atoms with van der Waals surface area (Å²) in [5, 5.41) is 10.6. The molecule has 1 rings (SSSR count). The number of nitro groups is 1. The number of hydrogen-bond donors (Lipinski definition) is 0. The Morgan fingerprint density at radius 3 is 2.47 bits per heavy atom. The van der Waals surface area contributed by atoms with Crippen LogP contribution in [0, 0.1) is 17.0 Å².